The van der Waals surface area contributed by atoms with Gasteiger partial charge in [-0.15, -0.1) is 0 Å². The molecule has 6 heteroatoms. The first-order valence-corrected chi connectivity index (χ1v) is 9.15. The van der Waals surface area contributed by atoms with Gasteiger partial charge in [0.25, 0.3) is 0 Å². The number of urea groups is 1. The summed E-state index contributed by atoms with van der Waals surface area (Å²) in [6.45, 7) is 7.46. The number of hydrogen-bond donors (Lipinski definition) is 1. The van der Waals surface area contributed by atoms with Crippen LogP contribution in [-0.4, -0.2) is 22.6 Å². The molecule has 3 rings (SSSR count). The highest BCUT2D eigenvalue weighted by molar-refractivity contribution is 5.74. The number of furan rings is 1. The van der Waals surface area contributed by atoms with Gasteiger partial charge in [-0.3, -0.25) is 0 Å². The summed E-state index contributed by atoms with van der Waals surface area (Å²) in [5.41, 5.74) is 4.04. The summed E-state index contributed by atoms with van der Waals surface area (Å²) in [6, 6.07) is 11.6. The molecule has 0 fully saturated rings. The van der Waals surface area contributed by atoms with Crippen LogP contribution in [0.25, 0.3) is 11.3 Å². The van der Waals surface area contributed by atoms with Crippen LogP contribution in [0.5, 0.6) is 0 Å². The van der Waals surface area contributed by atoms with Gasteiger partial charge in [-0.25, -0.2) is 4.79 Å². The minimum atomic E-state index is -0.149. The van der Waals surface area contributed by atoms with Crippen molar-refractivity contribution in [2.45, 2.75) is 40.3 Å². The van der Waals surface area contributed by atoms with Gasteiger partial charge in [-0.05, 0) is 38.0 Å². The molecule has 0 saturated heterocycles. The van der Waals surface area contributed by atoms with Crippen molar-refractivity contribution in [2.24, 2.45) is 0 Å². The zero-order valence-electron chi connectivity index (χ0n) is 16.0. The van der Waals surface area contributed by atoms with Gasteiger partial charge in [-0.1, -0.05) is 35.8 Å². The number of carbonyl (C=O) groups is 1. The molecule has 142 valence electrons. The Morgan fingerprint density at radius 2 is 2.04 bits per heavy atom. The maximum atomic E-state index is 12.5. The minimum absolute atomic E-state index is 0.149. The molecule has 0 spiro atoms. The largest absolute Gasteiger partial charge is 0.467 e. The topological polar surface area (TPSA) is 71.5 Å². The molecule has 0 atom stereocenters. The van der Waals surface area contributed by atoms with Crippen molar-refractivity contribution < 1.29 is 13.7 Å². The summed E-state index contributed by atoms with van der Waals surface area (Å²) in [6.07, 6.45) is 2.48. The van der Waals surface area contributed by atoms with E-state index in [0.717, 1.165) is 23.3 Å². The van der Waals surface area contributed by atoms with Crippen LogP contribution in [0.3, 0.4) is 0 Å². The summed E-state index contributed by atoms with van der Waals surface area (Å²) in [4.78, 5) is 14.2. The van der Waals surface area contributed by atoms with Crippen LogP contribution >= 0.6 is 0 Å². The number of aryl methyl sites for hydroxylation is 2. The van der Waals surface area contributed by atoms with Gasteiger partial charge in [0.2, 0.25) is 0 Å². The highest BCUT2D eigenvalue weighted by Gasteiger charge is 2.18. The van der Waals surface area contributed by atoms with E-state index in [4.69, 9.17) is 8.94 Å². The van der Waals surface area contributed by atoms with Gasteiger partial charge in [-0.2, -0.15) is 0 Å². The van der Waals surface area contributed by atoms with Crippen LogP contribution in [-0.2, 0) is 13.1 Å². The van der Waals surface area contributed by atoms with Gasteiger partial charge in [0.1, 0.15) is 11.5 Å². The lowest BCUT2D eigenvalue weighted by atomic mass is 10.0. The Balaban J connectivity index is 1.77. The first-order chi connectivity index (χ1) is 13.1. The van der Waals surface area contributed by atoms with E-state index in [-0.39, 0.29) is 6.03 Å². The second-order valence-electron chi connectivity index (χ2n) is 6.67. The Labute approximate surface area is 159 Å². The quantitative estimate of drug-likeness (QED) is 0.658. The SMILES string of the molecule is CCCNC(=O)N(Cc1cc(-c2ccc(C)cc2C)on1)Cc1ccco1. The molecule has 1 N–H and O–H groups in total. The normalized spacial score (nSPS) is 10.8. The Kier molecular flexibility index (Phi) is 5.96. The smallest absolute Gasteiger partial charge is 0.318 e. The number of amides is 2. The molecule has 2 heterocycles. The third-order valence-electron chi connectivity index (χ3n) is 4.30. The number of hydrogen-bond acceptors (Lipinski definition) is 4. The van der Waals surface area contributed by atoms with E-state index in [1.54, 1.807) is 11.2 Å². The molecular weight excluding hydrogens is 342 g/mol. The van der Waals surface area contributed by atoms with Gasteiger partial charge in [0.15, 0.2) is 5.76 Å². The number of aromatic nitrogens is 1. The maximum Gasteiger partial charge on any atom is 0.318 e. The van der Waals surface area contributed by atoms with E-state index < -0.39 is 0 Å². The molecular formula is C21H25N3O3. The third kappa shape index (κ3) is 4.78. The highest BCUT2D eigenvalue weighted by Crippen LogP contribution is 2.25. The van der Waals surface area contributed by atoms with Crippen molar-refractivity contribution in [3.63, 3.8) is 0 Å². The van der Waals surface area contributed by atoms with Crippen LogP contribution in [0, 0.1) is 13.8 Å². The Morgan fingerprint density at radius 1 is 1.19 bits per heavy atom. The highest BCUT2D eigenvalue weighted by atomic mass is 16.5. The van der Waals surface area contributed by atoms with Crippen LogP contribution in [0.2, 0.25) is 0 Å². The van der Waals surface area contributed by atoms with Gasteiger partial charge >= 0.3 is 6.03 Å². The zero-order chi connectivity index (χ0) is 19.2. The lowest BCUT2D eigenvalue weighted by Gasteiger charge is -2.20. The second kappa shape index (κ2) is 8.58. The molecule has 3 aromatic rings. The van der Waals surface area contributed by atoms with Crippen molar-refractivity contribution in [3.8, 4) is 11.3 Å². The average Bonchev–Trinajstić information content (AvgIpc) is 3.31. The van der Waals surface area contributed by atoms with E-state index in [2.05, 4.69) is 23.5 Å². The van der Waals surface area contributed by atoms with E-state index in [0.29, 0.717) is 31.1 Å². The zero-order valence-corrected chi connectivity index (χ0v) is 16.0. The fourth-order valence-corrected chi connectivity index (χ4v) is 2.93. The van der Waals surface area contributed by atoms with Crippen molar-refractivity contribution in [1.29, 1.82) is 0 Å². The van der Waals surface area contributed by atoms with Crippen molar-refractivity contribution in [2.75, 3.05) is 6.54 Å². The summed E-state index contributed by atoms with van der Waals surface area (Å²) in [5, 5.41) is 7.07. The second-order valence-corrected chi connectivity index (χ2v) is 6.67. The standard InChI is InChI=1S/C21H25N3O3/c1-4-9-22-21(25)24(14-18-6-5-10-26-18)13-17-12-20(27-23-17)19-8-7-15(2)11-16(19)3/h5-8,10-12H,4,9,13-14H2,1-3H3,(H,22,25). The fourth-order valence-electron chi connectivity index (χ4n) is 2.93. The number of benzene rings is 1. The Bertz CT molecular complexity index is 884. The van der Waals surface area contributed by atoms with E-state index in [9.17, 15) is 4.79 Å². The molecule has 0 aliphatic rings. The summed E-state index contributed by atoms with van der Waals surface area (Å²) < 4.78 is 10.9. The molecule has 0 aliphatic heterocycles. The molecule has 0 unspecified atom stereocenters. The molecule has 2 aromatic heterocycles. The predicted octanol–water partition coefficient (Wildman–Crippen LogP) is 4.67. The minimum Gasteiger partial charge on any atom is -0.467 e. The molecule has 6 nitrogen and oxygen atoms in total. The first kappa shape index (κ1) is 18.8. The summed E-state index contributed by atoms with van der Waals surface area (Å²) >= 11 is 0. The Morgan fingerprint density at radius 3 is 2.74 bits per heavy atom. The Hall–Kier alpha value is -3.02. The van der Waals surface area contributed by atoms with Crippen molar-refractivity contribution >= 4 is 6.03 Å². The fraction of sp³-hybridized carbons (Fsp3) is 0.333. The number of nitrogens with zero attached hydrogens (tertiary/aromatic N) is 2. The number of nitrogens with one attached hydrogen (secondary N) is 1. The van der Waals surface area contributed by atoms with Crippen molar-refractivity contribution in [1.82, 2.24) is 15.4 Å². The van der Waals surface area contributed by atoms with E-state index >= 15 is 0 Å². The van der Waals surface area contributed by atoms with Gasteiger partial charge in [0.05, 0.1) is 19.4 Å². The van der Waals surface area contributed by atoms with Crippen LogP contribution in [0.15, 0.2) is 51.6 Å². The lowest BCUT2D eigenvalue weighted by Crippen LogP contribution is -2.39. The van der Waals surface area contributed by atoms with Crippen molar-refractivity contribution in [3.05, 3.63) is 65.2 Å². The van der Waals surface area contributed by atoms with E-state index in [1.165, 1.54) is 5.56 Å². The molecule has 27 heavy (non-hydrogen) atoms. The molecule has 0 radical (unpaired) electrons. The number of rotatable bonds is 7. The maximum absolute atomic E-state index is 12.5. The molecule has 1 aromatic carbocycles. The van der Waals surface area contributed by atoms with Gasteiger partial charge < -0.3 is 19.2 Å². The molecule has 0 aliphatic carbocycles. The van der Waals surface area contributed by atoms with Crippen LogP contribution < -0.4 is 5.32 Å². The van der Waals surface area contributed by atoms with Crippen LogP contribution in [0.4, 0.5) is 4.79 Å². The molecule has 2 amide bonds. The first-order valence-electron chi connectivity index (χ1n) is 9.15. The van der Waals surface area contributed by atoms with Gasteiger partial charge in [0, 0.05) is 18.2 Å². The van der Waals surface area contributed by atoms with E-state index in [1.807, 2.05) is 44.2 Å². The average molecular weight is 367 g/mol. The molecule has 0 saturated carbocycles. The predicted molar refractivity (Wildman–Crippen MR) is 103 cm³/mol. The third-order valence-corrected chi connectivity index (χ3v) is 4.30. The summed E-state index contributed by atoms with van der Waals surface area (Å²) in [5.74, 6) is 1.43. The summed E-state index contributed by atoms with van der Waals surface area (Å²) in [7, 11) is 0. The molecule has 0 bridgehead atoms. The monoisotopic (exact) mass is 367 g/mol. The van der Waals surface area contributed by atoms with Crippen LogP contribution in [0.1, 0.15) is 35.9 Å². The number of carbonyl (C=O) groups excluding carboxylic acids is 1. The lowest BCUT2D eigenvalue weighted by molar-refractivity contribution is 0.185.